The second-order valence-corrected chi connectivity index (χ2v) is 7.80. The van der Waals surface area contributed by atoms with E-state index < -0.39 is 21.9 Å². The third-order valence-corrected chi connectivity index (χ3v) is 5.31. The molecule has 0 radical (unpaired) electrons. The van der Waals surface area contributed by atoms with Gasteiger partial charge in [-0.05, 0) is 35.2 Å². The number of nitriles is 1. The summed E-state index contributed by atoms with van der Waals surface area (Å²) in [5.74, 6) is -0.361. The van der Waals surface area contributed by atoms with Crippen molar-refractivity contribution in [2.24, 2.45) is 5.73 Å². The molecule has 0 heterocycles. The molecule has 0 aliphatic rings. The molecule has 1 atom stereocenters. The van der Waals surface area contributed by atoms with E-state index in [1.165, 1.54) is 5.56 Å². The molecule has 132 valence electrons. The smallest absolute Gasteiger partial charge is 0.240 e. The summed E-state index contributed by atoms with van der Waals surface area (Å²) in [4.78, 5) is -0.173. The lowest BCUT2D eigenvalue weighted by Crippen LogP contribution is -2.32. The SMILES string of the molecule is CC(C)c1ccc(C(N)CNS(=O)(=O)c2ccc(F)c(C#N)c2)cc1. The van der Waals surface area contributed by atoms with Gasteiger partial charge in [-0.2, -0.15) is 5.26 Å². The molecular formula is C18H20FN3O2S. The number of benzene rings is 2. The van der Waals surface area contributed by atoms with Crippen LogP contribution in [0.5, 0.6) is 0 Å². The van der Waals surface area contributed by atoms with Crippen LogP contribution >= 0.6 is 0 Å². The number of nitrogens with zero attached hydrogens (tertiary/aromatic N) is 1. The van der Waals surface area contributed by atoms with Crippen molar-refractivity contribution >= 4 is 10.0 Å². The minimum absolute atomic E-state index is 0.0113. The first kappa shape index (κ1) is 19.1. The average molecular weight is 361 g/mol. The van der Waals surface area contributed by atoms with Gasteiger partial charge in [0.2, 0.25) is 10.0 Å². The molecule has 3 N–H and O–H groups in total. The number of halogens is 1. The van der Waals surface area contributed by atoms with Gasteiger partial charge in [0.25, 0.3) is 0 Å². The van der Waals surface area contributed by atoms with Crippen LogP contribution in [0.4, 0.5) is 4.39 Å². The fraction of sp³-hybridized carbons (Fsp3) is 0.278. The molecule has 0 fully saturated rings. The van der Waals surface area contributed by atoms with E-state index >= 15 is 0 Å². The van der Waals surface area contributed by atoms with Crippen molar-refractivity contribution in [1.29, 1.82) is 5.26 Å². The number of hydrogen-bond acceptors (Lipinski definition) is 4. The summed E-state index contributed by atoms with van der Waals surface area (Å²) in [5, 5.41) is 8.81. The fourth-order valence-electron chi connectivity index (χ4n) is 2.29. The Balaban J connectivity index is 2.10. The van der Waals surface area contributed by atoms with Gasteiger partial charge in [-0.15, -0.1) is 0 Å². The highest BCUT2D eigenvalue weighted by atomic mass is 32.2. The number of nitrogens with two attached hydrogens (primary N) is 1. The van der Waals surface area contributed by atoms with Crippen molar-refractivity contribution in [3.8, 4) is 6.07 Å². The van der Waals surface area contributed by atoms with Crippen LogP contribution in [0, 0.1) is 17.1 Å². The summed E-state index contributed by atoms with van der Waals surface area (Å²) in [6.45, 7) is 4.16. The Kier molecular flexibility index (Phi) is 5.90. The third kappa shape index (κ3) is 4.63. The molecule has 0 aromatic heterocycles. The molecule has 0 bridgehead atoms. The van der Waals surface area contributed by atoms with Crippen LogP contribution in [0.1, 0.15) is 42.5 Å². The van der Waals surface area contributed by atoms with Crippen molar-refractivity contribution in [3.05, 3.63) is 65.0 Å². The highest BCUT2D eigenvalue weighted by molar-refractivity contribution is 7.89. The van der Waals surface area contributed by atoms with Crippen molar-refractivity contribution in [2.75, 3.05) is 6.54 Å². The van der Waals surface area contributed by atoms with Gasteiger partial charge in [-0.1, -0.05) is 38.1 Å². The van der Waals surface area contributed by atoms with Crippen molar-refractivity contribution in [2.45, 2.75) is 30.7 Å². The number of nitrogens with one attached hydrogen (secondary N) is 1. The van der Waals surface area contributed by atoms with E-state index in [9.17, 15) is 12.8 Å². The van der Waals surface area contributed by atoms with Gasteiger partial charge < -0.3 is 5.73 Å². The van der Waals surface area contributed by atoms with E-state index in [1.807, 2.05) is 24.3 Å². The minimum Gasteiger partial charge on any atom is -0.323 e. The van der Waals surface area contributed by atoms with Gasteiger partial charge in [0, 0.05) is 12.6 Å². The Labute approximate surface area is 147 Å². The average Bonchev–Trinajstić information content (AvgIpc) is 2.60. The zero-order valence-electron chi connectivity index (χ0n) is 14.0. The maximum absolute atomic E-state index is 13.3. The zero-order valence-corrected chi connectivity index (χ0v) is 14.8. The van der Waals surface area contributed by atoms with Crippen molar-refractivity contribution in [1.82, 2.24) is 4.72 Å². The third-order valence-electron chi connectivity index (χ3n) is 3.89. The van der Waals surface area contributed by atoms with Crippen LogP contribution in [0.2, 0.25) is 0 Å². The summed E-state index contributed by atoms with van der Waals surface area (Å²) in [6, 6.07) is 11.9. The molecule has 2 aromatic rings. The second kappa shape index (κ2) is 7.74. The lowest BCUT2D eigenvalue weighted by molar-refractivity contribution is 0.571. The van der Waals surface area contributed by atoms with Gasteiger partial charge in [0.1, 0.15) is 11.9 Å². The predicted octanol–water partition coefficient (Wildman–Crippen LogP) is 2.80. The fourth-order valence-corrected chi connectivity index (χ4v) is 3.37. The standard InChI is InChI=1S/C18H20FN3O2S/c1-12(2)13-3-5-14(6-4-13)18(21)11-22-25(23,24)16-7-8-17(19)15(9-16)10-20/h3-9,12,18,22H,11,21H2,1-2H3. The molecule has 0 saturated heterocycles. The molecule has 7 heteroatoms. The molecular weight excluding hydrogens is 341 g/mol. The summed E-state index contributed by atoms with van der Waals surface area (Å²) >= 11 is 0. The van der Waals surface area contributed by atoms with Gasteiger partial charge in [0.15, 0.2) is 0 Å². The van der Waals surface area contributed by atoms with E-state index in [1.54, 1.807) is 6.07 Å². The normalized spacial score (nSPS) is 12.8. The Bertz CT molecular complexity index is 888. The molecule has 1 unspecified atom stereocenters. The highest BCUT2D eigenvalue weighted by Gasteiger charge is 2.18. The number of sulfonamides is 1. The molecule has 0 saturated carbocycles. The van der Waals surface area contributed by atoms with E-state index in [0.717, 1.165) is 23.8 Å². The minimum atomic E-state index is -3.88. The van der Waals surface area contributed by atoms with Crippen LogP contribution in [0.3, 0.4) is 0 Å². The molecule has 5 nitrogen and oxygen atoms in total. The first-order valence-electron chi connectivity index (χ1n) is 7.79. The quantitative estimate of drug-likeness (QED) is 0.827. The van der Waals surface area contributed by atoms with Gasteiger partial charge >= 0.3 is 0 Å². The van der Waals surface area contributed by atoms with Gasteiger partial charge in [-0.3, -0.25) is 0 Å². The summed E-state index contributed by atoms with van der Waals surface area (Å²) < 4.78 is 40.3. The molecule has 2 rings (SSSR count). The van der Waals surface area contributed by atoms with E-state index in [2.05, 4.69) is 18.6 Å². The van der Waals surface area contributed by atoms with Crippen LogP contribution < -0.4 is 10.5 Å². The summed E-state index contributed by atoms with van der Waals surface area (Å²) in [7, 11) is -3.88. The molecule has 2 aromatic carbocycles. The van der Waals surface area contributed by atoms with Crippen LogP contribution in [0.25, 0.3) is 0 Å². The van der Waals surface area contributed by atoms with E-state index in [-0.39, 0.29) is 17.0 Å². The number of hydrogen-bond donors (Lipinski definition) is 2. The molecule has 0 spiro atoms. The van der Waals surface area contributed by atoms with Gasteiger partial charge in [-0.25, -0.2) is 17.5 Å². The molecule has 0 amide bonds. The Morgan fingerprint density at radius 3 is 2.32 bits per heavy atom. The topological polar surface area (TPSA) is 96.0 Å². The summed E-state index contributed by atoms with van der Waals surface area (Å²) in [6.07, 6.45) is 0. The lowest BCUT2D eigenvalue weighted by atomic mass is 9.99. The van der Waals surface area contributed by atoms with Crippen LogP contribution in [0.15, 0.2) is 47.4 Å². The Hall–Kier alpha value is -2.27. The maximum Gasteiger partial charge on any atom is 0.240 e. The van der Waals surface area contributed by atoms with Crippen molar-refractivity contribution < 1.29 is 12.8 Å². The van der Waals surface area contributed by atoms with Crippen LogP contribution in [-0.4, -0.2) is 15.0 Å². The molecule has 0 aliphatic carbocycles. The Morgan fingerprint density at radius 2 is 1.76 bits per heavy atom. The zero-order chi connectivity index (χ0) is 18.6. The first-order chi connectivity index (χ1) is 11.7. The second-order valence-electron chi connectivity index (χ2n) is 6.03. The highest BCUT2D eigenvalue weighted by Crippen LogP contribution is 2.18. The van der Waals surface area contributed by atoms with Crippen LogP contribution in [-0.2, 0) is 10.0 Å². The maximum atomic E-state index is 13.3. The molecule has 0 aliphatic heterocycles. The van der Waals surface area contributed by atoms with Crippen molar-refractivity contribution in [3.63, 3.8) is 0 Å². The first-order valence-corrected chi connectivity index (χ1v) is 9.27. The van der Waals surface area contributed by atoms with E-state index in [4.69, 9.17) is 11.0 Å². The monoisotopic (exact) mass is 361 g/mol. The molecule has 25 heavy (non-hydrogen) atoms. The largest absolute Gasteiger partial charge is 0.323 e. The Morgan fingerprint density at radius 1 is 1.16 bits per heavy atom. The lowest BCUT2D eigenvalue weighted by Gasteiger charge is -2.15. The summed E-state index contributed by atoms with van der Waals surface area (Å²) in [5.41, 5.74) is 7.71. The van der Waals surface area contributed by atoms with E-state index in [0.29, 0.717) is 5.92 Å². The van der Waals surface area contributed by atoms with Gasteiger partial charge in [0.05, 0.1) is 10.5 Å². The predicted molar refractivity (Wildman–Crippen MR) is 93.8 cm³/mol. The number of rotatable bonds is 6.